The van der Waals surface area contributed by atoms with E-state index in [2.05, 4.69) is 10.3 Å². The SMILES string of the molecule is CCNCC1CCN(c2c(CC(F)F)cc3c(=O)c(C(=O)O)c[nH]c3c2CC(F)F)C1. The Labute approximate surface area is 176 Å². The number of anilines is 1. The van der Waals surface area contributed by atoms with Crippen LogP contribution in [0.3, 0.4) is 0 Å². The van der Waals surface area contributed by atoms with Crippen molar-refractivity contribution in [2.24, 2.45) is 5.92 Å². The Bertz CT molecular complexity index is 1010. The number of fused-ring (bicyclic) bond motifs is 1. The molecule has 0 spiro atoms. The number of hydrogen-bond acceptors (Lipinski definition) is 4. The van der Waals surface area contributed by atoms with Gasteiger partial charge in [-0.3, -0.25) is 4.79 Å². The van der Waals surface area contributed by atoms with Gasteiger partial charge >= 0.3 is 5.97 Å². The number of hydrogen-bond donors (Lipinski definition) is 3. The van der Waals surface area contributed by atoms with E-state index in [1.807, 2.05) is 11.8 Å². The second kappa shape index (κ2) is 9.67. The predicted octanol–water partition coefficient (Wildman–Crippen LogP) is 3.28. The van der Waals surface area contributed by atoms with Crippen LogP contribution in [0.15, 0.2) is 17.1 Å². The lowest BCUT2D eigenvalue weighted by Gasteiger charge is -2.27. The zero-order valence-electron chi connectivity index (χ0n) is 17.1. The third-order valence-corrected chi connectivity index (χ3v) is 5.58. The van der Waals surface area contributed by atoms with Gasteiger partial charge < -0.3 is 20.3 Å². The number of carboxylic acid groups (broad SMARTS) is 1. The second-order valence-corrected chi connectivity index (χ2v) is 7.72. The summed E-state index contributed by atoms with van der Waals surface area (Å²) in [5, 5.41) is 12.3. The lowest BCUT2D eigenvalue weighted by molar-refractivity contribution is 0.0695. The molecule has 2 heterocycles. The number of benzene rings is 1. The third kappa shape index (κ3) is 5.00. The number of carbonyl (C=O) groups is 1. The third-order valence-electron chi connectivity index (χ3n) is 5.58. The molecular weight excluding hydrogens is 418 g/mol. The lowest BCUT2D eigenvalue weighted by atomic mass is 9.95. The largest absolute Gasteiger partial charge is 0.477 e. The second-order valence-electron chi connectivity index (χ2n) is 7.72. The Balaban J connectivity index is 2.21. The van der Waals surface area contributed by atoms with E-state index in [0.717, 1.165) is 25.7 Å². The molecule has 1 aromatic carbocycles. The van der Waals surface area contributed by atoms with Crippen LogP contribution >= 0.6 is 0 Å². The van der Waals surface area contributed by atoms with Gasteiger partial charge in [-0.05, 0) is 37.1 Å². The van der Waals surface area contributed by atoms with Crippen molar-refractivity contribution in [3.8, 4) is 0 Å². The monoisotopic (exact) mass is 443 g/mol. The van der Waals surface area contributed by atoms with Gasteiger partial charge in [0.1, 0.15) is 5.56 Å². The van der Waals surface area contributed by atoms with Gasteiger partial charge in [-0.2, -0.15) is 0 Å². The van der Waals surface area contributed by atoms with Crippen molar-refractivity contribution in [3.05, 3.63) is 39.2 Å². The summed E-state index contributed by atoms with van der Waals surface area (Å²) in [6.07, 6.45) is -5.23. The minimum Gasteiger partial charge on any atom is -0.477 e. The molecular formula is C21H25F4N3O3. The zero-order chi connectivity index (χ0) is 22.7. The van der Waals surface area contributed by atoms with Crippen LogP contribution in [0, 0.1) is 5.92 Å². The van der Waals surface area contributed by atoms with Gasteiger partial charge in [-0.1, -0.05) is 6.92 Å². The zero-order valence-corrected chi connectivity index (χ0v) is 17.1. The first-order valence-corrected chi connectivity index (χ1v) is 10.2. The van der Waals surface area contributed by atoms with E-state index in [1.165, 1.54) is 6.07 Å². The fourth-order valence-electron chi connectivity index (χ4n) is 4.27. The Morgan fingerprint density at radius 2 is 2.00 bits per heavy atom. The van der Waals surface area contributed by atoms with Gasteiger partial charge in [0.05, 0.1) is 5.52 Å². The molecule has 1 atom stereocenters. The van der Waals surface area contributed by atoms with Crippen molar-refractivity contribution in [1.29, 1.82) is 0 Å². The van der Waals surface area contributed by atoms with Crippen LogP contribution < -0.4 is 15.6 Å². The van der Waals surface area contributed by atoms with E-state index in [1.54, 1.807) is 0 Å². The van der Waals surface area contributed by atoms with E-state index >= 15 is 0 Å². The topological polar surface area (TPSA) is 85.4 Å². The molecule has 170 valence electrons. The number of aromatic amines is 1. The van der Waals surface area contributed by atoms with Crippen LogP contribution in [0.25, 0.3) is 10.9 Å². The summed E-state index contributed by atoms with van der Waals surface area (Å²) in [6.45, 7) is 4.52. The summed E-state index contributed by atoms with van der Waals surface area (Å²) in [5.41, 5.74) is -0.941. The lowest BCUT2D eigenvalue weighted by Crippen LogP contribution is -2.28. The quantitative estimate of drug-likeness (QED) is 0.518. The van der Waals surface area contributed by atoms with Crippen molar-refractivity contribution in [2.75, 3.05) is 31.1 Å². The van der Waals surface area contributed by atoms with E-state index in [4.69, 9.17) is 0 Å². The number of aromatic carboxylic acids is 1. The van der Waals surface area contributed by atoms with Crippen LogP contribution in [0.4, 0.5) is 23.2 Å². The first kappa shape index (κ1) is 23.1. The number of aromatic nitrogens is 1. The summed E-state index contributed by atoms with van der Waals surface area (Å²) in [7, 11) is 0. The number of carboxylic acids is 1. The smallest absolute Gasteiger partial charge is 0.341 e. The minimum absolute atomic E-state index is 0.0680. The molecule has 3 N–H and O–H groups in total. The van der Waals surface area contributed by atoms with Crippen LogP contribution in [-0.2, 0) is 12.8 Å². The minimum atomic E-state index is -2.77. The van der Waals surface area contributed by atoms with Gasteiger partial charge in [-0.25, -0.2) is 22.4 Å². The average Bonchev–Trinajstić information content (AvgIpc) is 3.14. The van der Waals surface area contributed by atoms with Crippen molar-refractivity contribution in [3.63, 3.8) is 0 Å². The highest BCUT2D eigenvalue weighted by molar-refractivity contribution is 5.95. The summed E-state index contributed by atoms with van der Waals surface area (Å²) >= 11 is 0. The summed E-state index contributed by atoms with van der Waals surface area (Å²) in [6, 6.07) is 1.23. The van der Waals surface area contributed by atoms with E-state index in [0.29, 0.717) is 18.8 Å². The number of halogens is 4. The van der Waals surface area contributed by atoms with Gasteiger partial charge in [0.2, 0.25) is 18.3 Å². The van der Waals surface area contributed by atoms with Crippen molar-refractivity contribution >= 4 is 22.6 Å². The normalized spacial score (nSPS) is 16.7. The molecule has 0 radical (unpaired) electrons. The van der Waals surface area contributed by atoms with E-state index in [9.17, 15) is 32.3 Å². The number of alkyl halides is 4. The average molecular weight is 443 g/mol. The molecule has 3 rings (SSSR count). The molecule has 1 aliphatic heterocycles. The summed E-state index contributed by atoms with van der Waals surface area (Å²) in [4.78, 5) is 28.5. The molecule has 0 saturated carbocycles. The van der Waals surface area contributed by atoms with Crippen molar-refractivity contribution in [1.82, 2.24) is 10.3 Å². The number of rotatable bonds is 9. The molecule has 0 amide bonds. The first-order chi connectivity index (χ1) is 14.7. The van der Waals surface area contributed by atoms with E-state index in [-0.39, 0.29) is 27.9 Å². The van der Waals surface area contributed by atoms with Gasteiger partial charge in [0.25, 0.3) is 0 Å². The van der Waals surface area contributed by atoms with Gasteiger partial charge in [0, 0.05) is 48.8 Å². The highest BCUT2D eigenvalue weighted by Crippen LogP contribution is 2.37. The Kier molecular flexibility index (Phi) is 7.19. The molecule has 10 heteroatoms. The van der Waals surface area contributed by atoms with E-state index < -0.39 is 42.7 Å². The Morgan fingerprint density at radius 3 is 2.61 bits per heavy atom. The number of nitrogens with one attached hydrogen (secondary N) is 2. The highest BCUT2D eigenvalue weighted by Gasteiger charge is 2.30. The molecule has 0 bridgehead atoms. The maximum absolute atomic E-state index is 13.5. The maximum Gasteiger partial charge on any atom is 0.341 e. The van der Waals surface area contributed by atoms with Gasteiger partial charge in [-0.15, -0.1) is 0 Å². The van der Waals surface area contributed by atoms with Crippen LogP contribution in [0.5, 0.6) is 0 Å². The van der Waals surface area contributed by atoms with Crippen LogP contribution in [-0.4, -0.2) is 55.1 Å². The fourth-order valence-corrected chi connectivity index (χ4v) is 4.27. The van der Waals surface area contributed by atoms with Crippen LogP contribution in [0.2, 0.25) is 0 Å². The standard InChI is InChI=1S/C21H25F4N3O3/c1-2-26-8-11-3-4-28(10-11)19-12(6-16(22)23)5-14-18(13(19)7-17(24)25)27-9-15(20(14)29)21(30)31/h5,9,11,16-17,26H,2-4,6-8,10H2,1H3,(H,27,29)(H,30,31). The maximum atomic E-state index is 13.5. The number of nitrogens with zero attached hydrogens (tertiary/aromatic N) is 1. The molecule has 31 heavy (non-hydrogen) atoms. The molecule has 1 saturated heterocycles. The summed E-state index contributed by atoms with van der Waals surface area (Å²) < 4.78 is 53.7. The number of pyridine rings is 1. The molecule has 1 aromatic heterocycles. The highest BCUT2D eigenvalue weighted by atomic mass is 19.3. The number of H-pyrrole nitrogens is 1. The molecule has 0 aliphatic carbocycles. The van der Waals surface area contributed by atoms with Crippen molar-refractivity contribution < 1.29 is 27.5 Å². The molecule has 2 aromatic rings. The molecule has 1 unspecified atom stereocenters. The predicted molar refractivity (Wildman–Crippen MR) is 110 cm³/mol. The van der Waals surface area contributed by atoms with Crippen LogP contribution in [0.1, 0.15) is 34.8 Å². The van der Waals surface area contributed by atoms with Gasteiger partial charge in [0.15, 0.2) is 0 Å². The molecule has 6 nitrogen and oxygen atoms in total. The van der Waals surface area contributed by atoms with Crippen molar-refractivity contribution in [2.45, 2.75) is 39.0 Å². The molecule has 1 fully saturated rings. The first-order valence-electron chi connectivity index (χ1n) is 10.2. The fraction of sp³-hybridized carbons (Fsp3) is 0.524. The Hall–Kier alpha value is -2.62. The Morgan fingerprint density at radius 1 is 1.29 bits per heavy atom. The molecule has 1 aliphatic rings. The summed E-state index contributed by atoms with van der Waals surface area (Å²) in [5.74, 6) is -1.24.